The first-order valence-electron chi connectivity index (χ1n) is 9.98. The number of carbonyl (C=O) groups excluding carboxylic acids is 1. The molecule has 152 valence electrons. The number of thiazole rings is 1. The molecule has 30 heavy (non-hydrogen) atoms. The number of aromatic nitrogens is 4. The molecule has 0 bridgehead atoms. The zero-order valence-electron chi connectivity index (χ0n) is 16.8. The van der Waals surface area contributed by atoms with E-state index in [2.05, 4.69) is 25.8 Å². The van der Waals surface area contributed by atoms with Gasteiger partial charge in [0.2, 0.25) is 5.82 Å². The number of nitrogens with zero attached hydrogens (tertiary/aromatic N) is 4. The van der Waals surface area contributed by atoms with Crippen LogP contribution in [0, 0.1) is 6.92 Å². The lowest BCUT2D eigenvalue weighted by Gasteiger charge is -2.05. The number of aryl methyl sites for hydroxylation is 2. The highest BCUT2D eigenvalue weighted by Crippen LogP contribution is 2.21. The topological polar surface area (TPSA) is 72.7 Å². The smallest absolute Gasteiger partial charge is 0.290 e. The Morgan fingerprint density at radius 1 is 1.00 bits per heavy atom. The molecule has 1 N–H and O–H groups in total. The minimum atomic E-state index is -0.257. The maximum atomic E-state index is 12.6. The predicted molar refractivity (Wildman–Crippen MR) is 119 cm³/mol. The summed E-state index contributed by atoms with van der Waals surface area (Å²) in [6.07, 6.45) is 2.80. The number of hydrogen-bond acceptors (Lipinski definition) is 5. The summed E-state index contributed by atoms with van der Waals surface area (Å²) in [5.74, 6) is 0.561. The van der Waals surface area contributed by atoms with Crippen LogP contribution in [0.2, 0.25) is 0 Å². The summed E-state index contributed by atoms with van der Waals surface area (Å²) in [7, 11) is 0. The van der Waals surface area contributed by atoms with Gasteiger partial charge in [0.25, 0.3) is 5.91 Å². The number of nitrogens with one attached hydrogen (secondary N) is 1. The molecule has 6 nitrogen and oxygen atoms in total. The minimum absolute atomic E-state index is 0.174. The zero-order chi connectivity index (χ0) is 20.8. The summed E-state index contributed by atoms with van der Waals surface area (Å²) in [5, 5.41) is 10.6. The fraction of sp³-hybridized carbons (Fsp3) is 0.217. The Labute approximate surface area is 179 Å². The van der Waals surface area contributed by atoms with E-state index >= 15 is 0 Å². The first-order chi connectivity index (χ1) is 14.7. The molecule has 0 fully saturated rings. The Balaban J connectivity index is 1.43. The van der Waals surface area contributed by atoms with Gasteiger partial charge < -0.3 is 5.32 Å². The van der Waals surface area contributed by atoms with Crippen molar-refractivity contribution >= 4 is 17.2 Å². The van der Waals surface area contributed by atoms with E-state index in [9.17, 15) is 4.79 Å². The third-order valence-electron chi connectivity index (χ3n) is 4.61. The van der Waals surface area contributed by atoms with Crippen LogP contribution in [0.25, 0.3) is 17.1 Å². The molecule has 0 aliphatic heterocycles. The van der Waals surface area contributed by atoms with Gasteiger partial charge in [-0.25, -0.2) is 14.6 Å². The van der Waals surface area contributed by atoms with Gasteiger partial charge in [0.1, 0.15) is 0 Å². The van der Waals surface area contributed by atoms with Crippen molar-refractivity contribution in [2.75, 3.05) is 6.54 Å². The SMILES string of the molecule is Cc1csc(CCCCNC(=O)c2nc(-c3ccccc3)n(-c3ccccc3)n2)n1. The standard InChI is InChI=1S/C23H23N5OS/c1-17-16-30-20(25-17)14-8-9-15-24-23(29)21-26-22(18-10-4-2-5-11-18)28(27-21)19-12-6-3-7-13-19/h2-7,10-13,16H,8-9,14-15H2,1H3,(H,24,29). The second kappa shape index (κ2) is 9.45. The highest BCUT2D eigenvalue weighted by atomic mass is 32.1. The number of carbonyl (C=O) groups is 1. The molecule has 0 unspecified atom stereocenters. The zero-order valence-corrected chi connectivity index (χ0v) is 17.6. The monoisotopic (exact) mass is 417 g/mol. The highest BCUT2D eigenvalue weighted by Gasteiger charge is 2.18. The van der Waals surface area contributed by atoms with Crippen molar-refractivity contribution in [3.8, 4) is 17.1 Å². The Morgan fingerprint density at radius 3 is 2.43 bits per heavy atom. The molecule has 0 aliphatic carbocycles. The largest absolute Gasteiger partial charge is 0.349 e. The van der Waals surface area contributed by atoms with E-state index in [0.717, 1.165) is 41.2 Å². The second-order valence-electron chi connectivity index (χ2n) is 6.97. The van der Waals surface area contributed by atoms with Crippen LogP contribution in [0.15, 0.2) is 66.0 Å². The number of unbranched alkanes of at least 4 members (excludes halogenated alkanes) is 1. The van der Waals surface area contributed by atoms with E-state index in [1.54, 1.807) is 16.0 Å². The molecule has 2 heterocycles. The fourth-order valence-corrected chi connectivity index (χ4v) is 3.95. The van der Waals surface area contributed by atoms with Gasteiger partial charge in [-0.2, -0.15) is 0 Å². The van der Waals surface area contributed by atoms with Gasteiger partial charge in [0, 0.05) is 23.2 Å². The van der Waals surface area contributed by atoms with E-state index < -0.39 is 0 Å². The van der Waals surface area contributed by atoms with Crippen LogP contribution in [-0.4, -0.2) is 32.2 Å². The predicted octanol–water partition coefficient (Wildman–Crippen LogP) is 4.45. The molecule has 0 radical (unpaired) electrons. The van der Waals surface area contributed by atoms with Crippen LogP contribution in [0.5, 0.6) is 0 Å². The summed E-state index contributed by atoms with van der Waals surface area (Å²) in [5.41, 5.74) is 2.84. The van der Waals surface area contributed by atoms with Crippen LogP contribution in [0.4, 0.5) is 0 Å². The van der Waals surface area contributed by atoms with Gasteiger partial charge in [-0.15, -0.1) is 16.4 Å². The molecule has 4 rings (SSSR count). The molecule has 0 spiro atoms. The molecule has 7 heteroatoms. The van der Waals surface area contributed by atoms with Gasteiger partial charge in [-0.05, 0) is 38.3 Å². The molecule has 0 saturated carbocycles. The normalized spacial score (nSPS) is 10.8. The third-order valence-corrected chi connectivity index (χ3v) is 5.64. The maximum absolute atomic E-state index is 12.6. The van der Waals surface area contributed by atoms with Crippen LogP contribution in [0.3, 0.4) is 0 Å². The summed E-state index contributed by atoms with van der Waals surface area (Å²) in [4.78, 5) is 21.7. The van der Waals surface area contributed by atoms with Crippen molar-refractivity contribution in [1.82, 2.24) is 25.1 Å². The van der Waals surface area contributed by atoms with E-state index in [-0.39, 0.29) is 11.7 Å². The van der Waals surface area contributed by atoms with E-state index in [0.29, 0.717) is 12.4 Å². The lowest BCUT2D eigenvalue weighted by molar-refractivity contribution is 0.0942. The van der Waals surface area contributed by atoms with Crippen molar-refractivity contribution < 1.29 is 4.79 Å². The molecule has 2 aromatic carbocycles. The number of amides is 1. The number of benzene rings is 2. The molecule has 0 saturated heterocycles. The molecule has 0 atom stereocenters. The van der Waals surface area contributed by atoms with Crippen molar-refractivity contribution in [2.45, 2.75) is 26.2 Å². The van der Waals surface area contributed by atoms with Crippen LogP contribution >= 0.6 is 11.3 Å². The van der Waals surface area contributed by atoms with Gasteiger partial charge in [-0.3, -0.25) is 4.79 Å². The maximum Gasteiger partial charge on any atom is 0.290 e. The summed E-state index contributed by atoms with van der Waals surface area (Å²) in [6.45, 7) is 2.59. The Kier molecular flexibility index (Phi) is 6.29. The van der Waals surface area contributed by atoms with Crippen LogP contribution < -0.4 is 5.32 Å². The third kappa shape index (κ3) is 4.80. The van der Waals surface area contributed by atoms with E-state index in [1.807, 2.05) is 67.6 Å². The van der Waals surface area contributed by atoms with Gasteiger partial charge in [-0.1, -0.05) is 48.5 Å². The summed E-state index contributed by atoms with van der Waals surface area (Å²) >= 11 is 1.69. The van der Waals surface area contributed by atoms with E-state index in [4.69, 9.17) is 0 Å². The second-order valence-corrected chi connectivity index (χ2v) is 7.91. The first kappa shape index (κ1) is 20.0. The summed E-state index contributed by atoms with van der Waals surface area (Å²) in [6, 6.07) is 19.5. The van der Waals surface area contributed by atoms with E-state index in [1.165, 1.54) is 0 Å². The summed E-state index contributed by atoms with van der Waals surface area (Å²) < 4.78 is 1.72. The average Bonchev–Trinajstić information content (AvgIpc) is 3.41. The average molecular weight is 418 g/mol. The number of para-hydroxylation sites is 1. The van der Waals surface area contributed by atoms with Crippen molar-refractivity contribution in [3.05, 3.63) is 82.6 Å². The number of rotatable bonds is 8. The molecular weight excluding hydrogens is 394 g/mol. The Hall–Kier alpha value is -3.32. The quantitative estimate of drug-likeness (QED) is 0.430. The highest BCUT2D eigenvalue weighted by molar-refractivity contribution is 7.09. The Bertz CT molecular complexity index is 1050. The lowest BCUT2D eigenvalue weighted by Crippen LogP contribution is -2.25. The van der Waals surface area contributed by atoms with Crippen LogP contribution in [-0.2, 0) is 6.42 Å². The van der Waals surface area contributed by atoms with Crippen LogP contribution in [0.1, 0.15) is 34.2 Å². The van der Waals surface area contributed by atoms with Gasteiger partial charge in [0.15, 0.2) is 5.82 Å². The molecule has 1 amide bonds. The van der Waals surface area contributed by atoms with Crippen molar-refractivity contribution in [2.24, 2.45) is 0 Å². The minimum Gasteiger partial charge on any atom is -0.349 e. The van der Waals surface area contributed by atoms with Crippen molar-refractivity contribution in [3.63, 3.8) is 0 Å². The molecule has 2 aromatic heterocycles. The molecule has 4 aromatic rings. The van der Waals surface area contributed by atoms with Gasteiger partial charge >= 0.3 is 0 Å². The molecular formula is C23H23N5OS. The first-order valence-corrected chi connectivity index (χ1v) is 10.9. The Morgan fingerprint density at radius 2 is 1.73 bits per heavy atom. The lowest BCUT2D eigenvalue weighted by atomic mass is 10.2. The number of hydrogen-bond donors (Lipinski definition) is 1. The van der Waals surface area contributed by atoms with Gasteiger partial charge in [0.05, 0.1) is 10.7 Å². The van der Waals surface area contributed by atoms with Crippen molar-refractivity contribution in [1.29, 1.82) is 0 Å². The molecule has 0 aliphatic rings. The fourth-order valence-electron chi connectivity index (χ4n) is 3.13.